The molecule has 1 aromatic heterocycles. The number of aryl methyl sites for hydroxylation is 2. The van der Waals surface area contributed by atoms with Crippen molar-refractivity contribution < 1.29 is 4.79 Å². The van der Waals surface area contributed by atoms with Gasteiger partial charge in [0.2, 0.25) is 5.91 Å². The molecule has 0 radical (unpaired) electrons. The highest BCUT2D eigenvalue weighted by molar-refractivity contribution is 7.15. The van der Waals surface area contributed by atoms with Crippen LogP contribution in [0.2, 0.25) is 0 Å². The summed E-state index contributed by atoms with van der Waals surface area (Å²) < 4.78 is 0. The van der Waals surface area contributed by atoms with Crippen molar-refractivity contribution in [3.8, 4) is 0 Å². The topological polar surface area (TPSA) is 54.0 Å². The molecule has 1 saturated heterocycles. The van der Waals surface area contributed by atoms with Crippen molar-refractivity contribution in [2.45, 2.75) is 26.7 Å². The molecule has 0 aliphatic carbocycles. The van der Waals surface area contributed by atoms with Crippen LogP contribution in [0.4, 0.5) is 5.13 Å². The van der Waals surface area contributed by atoms with Gasteiger partial charge < -0.3 is 10.6 Å². The lowest BCUT2D eigenvalue weighted by Gasteiger charge is -2.20. The van der Waals surface area contributed by atoms with Crippen LogP contribution in [0, 0.1) is 19.8 Å². The molecule has 2 heterocycles. The Morgan fingerprint density at radius 2 is 2.12 bits per heavy atom. The molecule has 1 aliphatic rings. The summed E-state index contributed by atoms with van der Waals surface area (Å²) in [5, 5.41) is 6.90. The zero-order valence-electron chi connectivity index (χ0n) is 9.67. The van der Waals surface area contributed by atoms with Gasteiger partial charge in [0.1, 0.15) is 0 Å². The van der Waals surface area contributed by atoms with Crippen LogP contribution in [-0.2, 0) is 4.79 Å². The molecule has 1 fully saturated rings. The van der Waals surface area contributed by atoms with Crippen LogP contribution in [0.15, 0.2) is 0 Å². The van der Waals surface area contributed by atoms with Crippen LogP contribution >= 0.6 is 11.3 Å². The van der Waals surface area contributed by atoms with E-state index in [1.165, 1.54) is 4.88 Å². The number of nitrogens with zero attached hydrogens (tertiary/aromatic N) is 1. The number of piperidine rings is 1. The third-order valence-corrected chi connectivity index (χ3v) is 3.96. The summed E-state index contributed by atoms with van der Waals surface area (Å²) in [6.07, 6.45) is 1.85. The summed E-state index contributed by atoms with van der Waals surface area (Å²) in [7, 11) is 0. The first-order valence-corrected chi connectivity index (χ1v) is 6.44. The van der Waals surface area contributed by atoms with Crippen LogP contribution in [0.25, 0.3) is 0 Å². The van der Waals surface area contributed by atoms with Gasteiger partial charge in [0.05, 0.1) is 5.69 Å². The average molecular weight is 239 g/mol. The first kappa shape index (κ1) is 11.5. The fourth-order valence-corrected chi connectivity index (χ4v) is 2.64. The fraction of sp³-hybridized carbons (Fsp3) is 0.636. The normalized spacial score (nSPS) is 17.4. The minimum absolute atomic E-state index is 0.121. The lowest BCUT2D eigenvalue weighted by atomic mass is 9.97. The minimum Gasteiger partial charge on any atom is -0.317 e. The highest BCUT2D eigenvalue weighted by Crippen LogP contribution is 2.22. The van der Waals surface area contributed by atoms with E-state index in [4.69, 9.17) is 0 Å². The van der Waals surface area contributed by atoms with Crippen molar-refractivity contribution in [1.29, 1.82) is 0 Å². The first-order chi connectivity index (χ1) is 7.66. The summed E-state index contributed by atoms with van der Waals surface area (Å²) in [4.78, 5) is 17.4. The maximum Gasteiger partial charge on any atom is 0.229 e. The molecule has 0 unspecified atom stereocenters. The number of rotatable bonds is 2. The second kappa shape index (κ2) is 4.93. The second-order valence-electron chi connectivity index (χ2n) is 4.17. The molecule has 0 atom stereocenters. The number of thiazole rings is 1. The summed E-state index contributed by atoms with van der Waals surface area (Å²) in [5.41, 5.74) is 1.01. The van der Waals surface area contributed by atoms with Crippen LogP contribution in [-0.4, -0.2) is 24.0 Å². The van der Waals surface area contributed by atoms with Crippen LogP contribution in [0.1, 0.15) is 23.4 Å². The molecule has 0 saturated carbocycles. The zero-order chi connectivity index (χ0) is 11.5. The smallest absolute Gasteiger partial charge is 0.229 e. The largest absolute Gasteiger partial charge is 0.317 e. The number of amides is 1. The van der Waals surface area contributed by atoms with Crippen molar-refractivity contribution >= 4 is 22.4 Å². The Bertz CT molecular complexity index is 363. The standard InChI is InChI=1S/C11H17N3OS/c1-7-8(2)16-11(13-7)14-10(15)9-3-5-12-6-4-9/h9,12H,3-6H2,1-2H3,(H,13,14,15). The Kier molecular flexibility index (Phi) is 3.56. The van der Waals surface area contributed by atoms with Crippen molar-refractivity contribution in [3.05, 3.63) is 10.6 Å². The van der Waals surface area contributed by atoms with Crippen molar-refractivity contribution in [3.63, 3.8) is 0 Å². The predicted molar refractivity (Wildman–Crippen MR) is 65.8 cm³/mol. The fourth-order valence-electron chi connectivity index (χ4n) is 1.82. The number of carbonyl (C=O) groups excluding carboxylic acids is 1. The molecule has 1 aromatic rings. The van der Waals surface area contributed by atoms with Crippen LogP contribution in [0.5, 0.6) is 0 Å². The highest BCUT2D eigenvalue weighted by atomic mass is 32.1. The third-order valence-electron chi connectivity index (χ3n) is 2.97. The van der Waals surface area contributed by atoms with E-state index in [1.807, 2.05) is 13.8 Å². The number of hydrogen-bond acceptors (Lipinski definition) is 4. The highest BCUT2D eigenvalue weighted by Gasteiger charge is 2.21. The molecule has 4 nitrogen and oxygen atoms in total. The van der Waals surface area contributed by atoms with Crippen molar-refractivity contribution in [1.82, 2.24) is 10.3 Å². The summed E-state index contributed by atoms with van der Waals surface area (Å²) in [5.74, 6) is 0.265. The van der Waals surface area contributed by atoms with E-state index in [2.05, 4.69) is 15.6 Å². The molecule has 2 rings (SSSR count). The number of hydrogen-bond donors (Lipinski definition) is 2. The number of nitrogens with one attached hydrogen (secondary N) is 2. The van der Waals surface area contributed by atoms with E-state index in [1.54, 1.807) is 11.3 Å². The molecular weight excluding hydrogens is 222 g/mol. The number of aromatic nitrogens is 1. The van der Waals surface area contributed by atoms with Gasteiger partial charge in [-0.2, -0.15) is 0 Å². The Morgan fingerprint density at radius 1 is 1.44 bits per heavy atom. The Morgan fingerprint density at radius 3 is 2.69 bits per heavy atom. The van der Waals surface area contributed by atoms with Crippen molar-refractivity contribution in [2.75, 3.05) is 18.4 Å². The Labute approximate surface area is 99.5 Å². The third kappa shape index (κ3) is 2.59. The zero-order valence-corrected chi connectivity index (χ0v) is 10.5. The van der Waals surface area contributed by atoms with Gasteiger partial charge in [-0.3, -0.25) is 4.79 Å². The molecule has 16 heavy (non-hydrogen) atoms. The van der Waals surface area contributed by atoms with Gasteiger partial charge in [0.15, 0.2) is 5.13 Å². The van der Waals surface area contributed by atoms with Gasteiger partial charge in [-0.25, -0.2) is 4.98 Å². The lowest BCUT2D eigenvalue weighted by molar-refractivity contribution is -0.120. The van der Waals surface area contributed by atoms with Crippen molar-refractivity contribution in [2.24, 2.45) is 5.92 Å². The van der Waals surface area contributed by atoms with Gasteiger partial charge >= 0.3 is 0 Å². The Hall–Kier alpha value is -0.940. The second-order valence-corrected chi connectivity index (χ2v) is 5.38. The monoisotopic (exact) mass is 239 g/mol. The molecule has 1 amide bonds. The van der Waals surface area contributed by atoms with E-state index >= 15 is 0 Å². The number of carbonyl (C=O) groups is 1. The summed E-state index contributed by atoms with van der Waals surface area (Å²) >= 11 is 1.55. The summed E-state index contributed by atoms with van der Waals surface area (Å²) in [6, 6.07) is 0. The van der Waals surface area contributed by atoms with E-state index in [-0.39, 0.29) is 11.8 Å². The molecule has 1 aliphatic heterocycles. The molecular formula is C11H17N3OS. The maximum absolute atomic E-state index is 11.9. The molecule has 5 heteroatoms. The molecule has 0 bridgehead atoms. The molecule has 0 spiro atoms. The van der Waals surface area contributed by atoms with Crippen LogP contribution in [0.3, 0.4) is 0 Å². The SMILES string of the molecule is Cc1nc(NC(=O)C2CCNCC2)sc1C. The van der Waals surface area contributed by atoms with Gasteiger partial charge in [-0.15, -0.1) is 11.3 Å². The van der Waals surface area contributed by atoms with Gasteiger partial charge in [-0.1, -0.05) is 0 Å². The van der Waals surface area contributed by atoms with Gasteiger partial charge in [0, 0.05) is 10.8 Å². The Balaban J connectivity index is 1.95. The predicted octanol–water partition coefficient (Wildman–Crippen LogP) is 1.70. The van der Waals surface area contributed by atoms with E-state index < -0.39 is 0 Å². The van der Waals surface area contributed by atoms with E-state index in [0.717, 1.165) is 36.8 Å². The van der Waals surface area contributed by atoms with E-state index in [0.29, 0.717) is 0 Å². The quantitative estimate of drug-likeness (QED) is 0.826. The molecule has 0 aromatic carbocycles. The van der Waals surface area contributed by atoms with Gasteiger partial charge in [-0.05, 0) is 39.8 Å². The maximum atomic E-state index is 11.9. The summed E-state index contributed by atoms with van der Waals surface area (Å²) in [6.45, 7) is 5.86. The molecule has 2 N–H and O–H groups in total. The molecule has 88 valence electrons. The minimum atomic E-state index is 0.121. The number of anilines is 1. The first-order valence-electron chi connectivity index (χ1n) is 5.62. The average Bonchev–Trinajstić information content (AvgIpc) is 2.59. The van der Waals surface area contributed by atoms with Crippen LogP contribution < -0.4 is 10.6 Å². The van der Waals surface area contributed by atoms with Gasteiger partial charge in [0.25, 0.3) is 0 Å². The lowest BCUT2D eigenvalue weighted by Crippen LogP contribution is -2.34. The van der Waals surface area contributed by atoms with E-state index in [9.17, 15) is 4.79 Å².